The van der Waals surface area contributed by atoms with Crippen LogP contribution in [0.3, 0.4) is 0 Å². The number of benzene rings is 1. The highest BCUT2D eigenvalue weighted by molar-refractivity contribution is 5.18. The molecule has 1 fully saturated rings. The van der Waals surface area contributed by atoms with Crippen LogP contribution in [0.25, 0.3) is 0 Å². The van der Waals surface area contributed by atoms with E-state index in [4.69, 9.17) is 0 Å². The third-order valence-corrected chi connectivity index (χ3v) is 4.32. The summed E-state index contributed by atoms with van der Waals surface area (Å²) < 4.78 is 0. The second kappa shape index (κ2) is 6.06. The topological polar surface area (TPSA) is 15.3 Å². The maximum Gasteiger partial charge on any atom is 0.0252 e. The Balaban J connectivity index is 1.87. The SMILES string of the molecule is CC(CCN1CC(C)(C)NCC1C)c1ccccc1. The van der Waals surface area contributed by atoms with E-state index in [9.17, 15) is 0 Å². The Kier molecular flexibility index (Phi) is 4.64. The molecule has 106 valence electrons. The van der Waals surface area contributed by atoms with Gasteiger partial charge in [0.05, 0.1) is 0 Å². The highest BCUT2D eigenvalue weighted by Gasteiger charge is 2.29. The fourth-order valence-electron chi connectivity index (χ4n) is 2.88. The van der Waals surface area contributed by atoms with Gasteiger partial charge in [0.2, 0.25) is 0 Å². The Labute approximate surface area is 118 Å². The molecule has 2 heteroatoms. The Morgan fingerprint density at radius 3 is 2.68 bits per heavy atom. The molecular formula is C17H28N2. The highest BCUT2D eigenvalue weighted by atomic mass is 15.2. The summed E-state index contributed by atoms with van der Waals surface area (Å²) in [7, 11) is 0. The molecule has 1 heterocycles. The van der Waals surface area contributed by atoms with E-state index in [1.54, 1.807) is 0 Å². The van der Waals surface area contributed by atoms with Crippen LogP contribution in [0.2, 0.25) is 0 Å². The first kappa shape index (κ1) is 14.5. The minimum atomic E-state index is 0.252. The Hall–Kier alpha value is -0.860. The maximum absolute atomic E-state index is 3.62. The van der Waals surface area contributed by atoms with Gasteiger partial charge in [0.25, 0.3) is 0 Å². The molecule has 0 spiro atoms. The summed E-state index contributed by atoms with van der Waals surface area (Å²) in [6.07, 6.45) is 1.24. The summed E-state index contributed by atoms with van der Waals surface area (Å²) in [5, 5.41) is 3.62. The molecule has 0 aromatic heterocycles. The van der Waals surface area contributed by atoms with Crippen molar-refractivity contribution in [2.45, 2.75) is 51.6 Å². The van der Waals surface area contributed by atoms with E-state index in [2.05, 4.69) is 68.2 Å². The smallest absolute Gasteiger partial charge is 0.0252 e. The zero-order valence-electron chi connectivity index (χ0n) is 12.8. The van der Waals surface area contributed by atoms with Crippen LogP contribution in [0.5, 0.6) is 0 Å². The fourth-order valence-corrected chi connectivity index (χ4v) is 2.88. The third-order valence-electron chi connectivity index (χ3n) is 4.32. The van der Waals surface area contributed by atoms with Crippen LogP contribution in [0.1, 0.15) is 45.6 Å². The fraction of sp³-hybridized carbons (Fsp3) is 0.647. The average molecular weight is 260 g/mol. The van der Waals surface area contributed by atoms with Crippen LogP contribution in [0.4, 0.5) is 0 Å². The molecule has 2 nitrogen and oxygen atoms in total. The molecule has 1 saturated heterocycles. The van der Waals surface area contributed by atoms with Gasteiger partial charge in [-0.3, -0.25) is 4.90 Å². The van der Waals surface area contributed by atoms with Crippen molar-refractivity contribution in [3.8, 4) is 0 Å². The highest BCUT2D eigenvalue weighted by Crippen LogP contribution is 2.21. The minimum absolute atomic E-state index is 0.252. The van der Waals surface area contributed by atoms with E-state index in [0.29, 0.717) is 12.0 Å². The van der Waals surface area contributed by atoms with Crippen LogP contribution in [-0.2, 0) is 0 Å². The lowest BCUT2D eigenvalue weighted by molar-refractivity contribution is 0.102. The van der Waals surface area contributed by atoms with Gasteiger partial charge >= 0.3 is 0 Å². The van der Waals surface area contributed by atoms with Crippen LogP contribution in [0.15, 0.2) is 30.3 Å². The van der Waals surface area contributed by atoms with Gasteiger partial charge in [0, 0.05) is 24.7 Å². The van der Waals surface area contributed by atoms with Crippen LogP contribution >= 0.6 is 0 Å². The molecule has 0 amide bonds. The van der Waals surface area contributed by atoms with Crippen molar-refractivity contribution in [2.24, 2.45) is 0 Å². The van der Waals surface area contributed by atoms with Gasteiger partial charge in [0.1, 0.15) is 0 Å². The zero-order valence-corrected chi connectivity index (χ0v) is 12.8. The van der Waals surface area contributed by atoms with Crippen molar-refractivity contribution in [3.05, 3.63) is 35.9 Å². The van der Waals surface area contributed by atoms with Gasteiger partial charge in [-0.1, -0.05) is 37.3 Å². The summed E-state index contributed by atoms with van der Waals surface area (Å²) in [5.41, 5.74) is 1.72. The minimum Gasteiger partial charge on any atom is -0.309 e. The summed E-state index contributed by atoms with van der Waals surface area (Å²) in [6, 6.07) is 11.5. The molecule has 1 aromatic carbocycles. The molecule has 0 radical (unpaired) electrons. The predicted octanol–water partition coefficient (Wildman–Crippen LogP) is 3.25. The quantitative estimate of drug-likeness (QED) is 0.894. The normalized spacial score (nSPS) is 25.2. The molecule has 0 bridgehead atoms. The van der Waals surface area contributed by atoms with Crippen LogP contribution < -0.4 is 5.32 Å². The molecule has 0 saturated carbocycles. The molecule has 1 N–H and O–H groups in total. The molecule has 1 aromatic rings. The van der Waals surface area contributed by atoms with Gasteiger partial charge in [0.15, 0.2) is 0 Å². The Morgan fingerprint density at radius 2 is 2.00 bits per heavy atom. The van der Waals surface area contributed by atoms with Crippen molar-refractivity contribution in [3.63, 3.8) is 0 Å². The summed E-state index contributed by atoms with van der Waals surface area (Å²) in [4.78, 5) is 2.63. The van der Waals surface area contributed by atoms with Gasteiger partial charge in [-0.15, -0.1) is 0 Å². The molecular weight excluding hydrogens is 232 g/mol. The third kappa shape index (κ3) is 4.05. The van der Waals surface area contributed by atoms with Crippen LogP contribution in [0, 0.1) is 0 Å². The van der Waals surface area contributed by atoms with Crippen molar-refractivity contribution < 1.29 is 0 Å². The van der Waals surface area contributed by atoms with E-state index in [-0.39, 0.29) is 5.54 Å². The number of hydrogen-bond acceptors (Lipinski definition) is 2. The molecule has 1 aliphatic rings. The average Bonchev–Trinajstić information content (AvgIpc) is 2.40. The first-order valence-electron chi connectivity index (χ1n) is 7.52. The summed E-state index contributed by atoms with van der Waals surface area (Å²) in [6.45, 7) is 12.7. The number of nitrogens with one attached hydrogen (secondary N) is 1. The molecule has 19 heavy (non-hydrogen) atoms. The van der Waals surface area contributed by atoms with E-state index in [1.807, 2.05) is 0 Å². The van der Waals surface area contributed by atoms with Crippen molar-refractivity contribution in [1.82, 2.24) is 10.2 Å². The van der Waals surface area contributed by atoms with Crippen molar-refractivity contribution in [1.29, 1.82) is 0 Å². The zero-order chi connectivity index (χ0) is 13.9. The number of nitrogens with zero attached hydrogens (tertiary/aromatic N) is 1. The molecule has 0 aliphatic carbocycles. The van der Waals surface area contributed by atoms with Gasteiger partial charge in [-0.2, -0.15) is 0 Å². The lowest BCUT2D eigenvalue weighted by Crippen LogP contribution is -2.60. The second-order valence-corrected chi connectivity index (χ2v) is 6.68. The van der Waals surface area contributed by atoms with E-state index < -0.39 is 0 Å². The number of piperazine rings is 1. The molecule has 1 aliphatic heterocycles. The molecule has 2 rings (SSSR count). The number of hydrogen-bond donors (Lipinski definition) is 1. The standard InChI is InChI=1S/C17H28N2/c1-14(16-8-6-5-7-9-16)10-11-19-13-17(3,4)18-12-15(19)2/h5-9,14-15,18H,10-13H2,1-4H3. The van der Waals surface area contributed by atoms with Crippen molar-refractivity contribution >= 4 is 0 Å². The van der Waals surface area contributed by atoms with E-state index in [0.717, 1.165) is 13.1 Å². The lowest BCUT2D eigenvalue weighted by Gasteiger charge is -2.43. The predicted molar refractivity (Wildman–Crippen MR) is 82.6 cm³/mol. The first-order valence-corrected chi connectivity index (χ1v) is 7.52. The van der Waals surface area contributed by atoms with Crippen LogP contribution in [-0.4, -0.2) is 36.1 Å². The monoisotopic (exact) mass is 260 g/mol. The number of rotatable bonds is 4. The second-order valence-electron chi connectivity index (χ2n) is 6.68. The maximum atomic E-state index is 3.62. The van der Waals surface area contributed by atoms with Gasteiger partial charge in [-0.05, 0) is 45.2 Å². The van der Waals surface area contributed by atoms with E-state index >= 15 is 0 Å². The van der Waals surface area contributed by atoms with Gasteiger partial charge in [-0.25, -0.2) is 0 Å². The summed E-state index contributed by atoms with van der Waals surface area (Å²) >= 11 is 0. The molecule has 2 unspecified atom stereocenters. The Morgan fingerprint density at radius 1 is 1.32 bits per heavy atom. The largest absolute Gasteiger partial charge is 0.309 e. The van der Waals surface area contributed by atoms with E-state index in [1.165, 1.54) is 18.5 Å². The molecule has 2 atom stereocenters. The van der Waals surface area contributed by atoms with Gasteiger partial charge < -0.3 is 5.32 Å². The first-order chi connectivity index (χ1) is 8.98. The summed E-state index contributed by atoms with van der Waals surface area (Å²) in [5.74, 6) is 0.645. The lowest BCUT2D eigenvalue weighted by atomic mass is 9.95. The Bertz CT molecular complexity index is 386. The van der Waals surface area contributed by atoms with Crippen molar-refractivity contribution in [2.75, 3.05) is 19.6 Å².